The van der Waals surface area contributed by atoms with Gasteiger partial charge in [-0.25, -0.2) is 0 Å². The van der Waals surface area contributed by atoms with Crippen LogP contribution in [0.15, 0.2) is 0 Å². The summed E-state index contributed by atoms with van der Waals surface area (Å²) in [7, 11) is 0. The predicted octanol–water partition coefficient (Wildman–Crippen LogP) is 1.34. The molecule has 3 aliphatic heterocycles. The Morgan fingerprint density at radius 2 is 1.93 bits per heavy atom. The first kappa shape index (κ1) is 10.9. The zero-order valence-corrected chi connectivity index (χ0v) is 10.1. The van der Waals surface area contributed by atoms with Crippen molar-refractivity contribution in [1.82, 2.24) is 9.80 Å². The molecule has 0 aromatic carbocycles. The number of fused-ring (bicyclic) bond motifs is 2. The number of hydrogen-bond acceptors (Lipinski definition) is 2. The third-order valence-electron chi connectivity index (χ3n) is 3.59. The Balaban J connectivity index is 1.89. The van der Waals surface area contributed by atoms with Crippen molar-refractivity contribution in [2.45, 2.75) is 45.7 Å². The van der Waals surface area contributed by atoms with Crippen molar-refractivity contribution < 1.29 is 4.79 Å². The fourth-order valence-corrected chi connectivity index (χ4v) is 2.82. The van der Waals surface area contributed by atoms with Crippen LogP contribution in [0.1, 0.15) is 33.6 Å². The van der Waals surface area contributed by atoms with Crippen LogP contribution in [0.4, 0.5) is 0 Å². The summed E-state index contributed by atoms with van der Waals surface area (Å²) in [5, 5.41) is 0. The van der Waals surface area contributed by atoms with Crippen LogP contribution in [0.25, 0.3) is 0 Å². The fourth-order valence-electron chi connectivity index (χ4n) is 2.82. The van der Waals surface area contributed by atoms with Crippen LogP contribution < -0.4 is 0 Å². The quantitative estimate of drug-likeness (QED) is 0.702. The van der Waals surface area contributed by atoms with Crippen molar-refractivity contribution in [2.75, 3.05) is 19.6 Å². The van der Waals surface area contributed by atoms with Crippen LogP contribution in [0.2, 0.25) is 0 Å². The minimum atomic E-state index is 0.377. The van der Waals surface area contributed by atoms with E-state index in [0.29, 0.717) is 23.9 Å². The highest BCUT2D eigenvalue weighted by atomic mass is 16.2. The minimum absolute atomic E-state index is 0.377. The van der Waals surface area contributed by atoms with Gasteiger partial charge in [-0.2, -0.15) is 0 Å². The Kier molecular flexibility index (Phi) is 3.01. The summed E-state index contributed by atoms with van der Waals surface area (Å²) in [6, 6.07) is 1.05. The lowest BCUT2D eigenvalue weighted by atomic mass is 9.86. The van der Waals surface area contributed by atoms with E-state index in [9.17, 15) is 4.79 Å². The van der Waals surface area contributed by atoms with Gasteiger partial charge in [-0.15, -0.1) is 0 Å². The smallest absolute Gasteiger partial charge is 0.223 e. The largest absolute Gasteiger partial charge is 0.334 e. The van der Waals surface area contributed by atoms with E-state index in [1.54, 1.807) is 0 Å². The van der Waals surface area contributed by atoms with E-state index in [2.05, 4.69) is 30.6 Å². The molecule has 86 valence electrons. The van der Waals surface area contributed by atoms with Crippen molar-refractivity contribution in [1.29, 1.82) is 0 Å². The van der Waals surface area contributed by atoms with E-state index < -0.39 is 0 Å². The first-order valence-electron chi connectivity index (χ1n) is 6.15. The lowest BCUT2D eigenvalue weighted by Crippen LogP contribution is -2.70. The third-order valence-corrected chi connectivity index (χ3v) is 3.59. The average molecular weight is 210 g/mol. The van der Waals surface area contributed by atoms with Crippen LogP contribution in [0.3, 0.4) is 0 Å². The van der Waals surface area contributed by atoms with Gasteiger partial charge in [0, 0.05) is 31.6 Å². The van der Waals surface area contributed by atoms with Gasteiger partial charge in [0.1, 0.15) is 0 Å². The van der Waals surface area contributed by atoms with Gasteiger partial charge in [-0.1, -0.05) is 20.8 Å². The molecule has 1 amide bonds. The first-order chi connectivity index (χ1) is 7.11. The van der Waals surface area contributed by atoms with Gasteiger partial charge >= 0.3 is 0 Å². The van der Waals surface area contributed by atoms with Crippen molar-refractivity contribution >= 4 is 5.91 Å². The Hall–Kier alpha value is -0.570. The van der Waals surface area contributed by atoms with Crippen LogP contribution in [0, 0.1) is 5.92 Å². The van der Waals surface area contributed by atoms with Gasteiger partial charge in [0.25, 0.3) is 0 Å². The van der Waals surface area contributed by atoms with Crippen LogP contribution in [-0.4, -0.2) is 47.4 Å². The summed E-state index contributed by atoms with van der Waals surface area (Å²) < 4.78 is 0. The third kappa shape index (κ3) is 2.03. The number of likely N-dealkylation sites (N-methyl/N-ethyl adjacent to an activating group) is 1. The van der Waals surface area contributed by atoms with Gasteiger partial charge in [0.05, 0.1) is 0 Å². The van der Waals surface area contributed by atoms with E-state index >= 15 is 0 Å². The normalized spacial score (nSPS) is 30.5. The molecule has 3 rings (SSSR count). The molecule has 15 heavy (non-hydrogen) atoms. The second-order valence-corrected chi connectivity index (χ2v) is 5.29. The first-order valence-corrected chi connectivity index (χ1v) is 6.15. The second-order valence-electron chi connectivity index (χ2n) is 5.29. The van der Waals surface area contributed by atoms with Gasteiger partial charge < -0.3 is 4.90 Å². The highest BCUT2D eigenvalue weighted by molar-refractivity contribution is 5.78. The van der Waals surface area contributed by atoms with Crippen molar-refractivity contribution in [3.05, 3.63) is 0 Å². The van der Waals surface area contributed by atoms with Gasteiger partial charge in [0.15, 0.2) is 0 Å². The molecule has 2 unspecified atom stereocenters. The molecule has 3 heterocycles. The number of rotatable bonds is 3. The molecule has 0 aromatic rings. The van der Waals surface area contributed by atoms with Gasteiger partial charge in [0.2, 0.25) is 5.91 Å². The van der Waals surface area contributed by atoms with Crippen LogP contribution >= 0.6 is 0 Å². The molecule has 2 bridgehead atoms. The summed E-state index contributed by atoms with van der Waals surface area (Å²) in [6.45, 7) is 9.75. The second kappa shape index (κ2) is 4.12. The summed E-state index contributed by atoms with van der Waals surface area (Å²) in [5.41, 5.74) is 0. The maximum absolute atomic E-state index is 12.0. The van der Waals surface area contributed by atoms with E-state index in [1.807, 2.05) is 0 Å². The lowest BCUT2D eigenvalue weighted by Gasteiger charge is -2.56. The molecule has 3 heteroatoms. The van der Waals surface area contributed by atoms with Crippen molar-refractivity contribution in [3.8, 4) is 0 Å². The standard InChI is InChI=1S/C12H22N2O/c1-4-13-7-10-6-11(8-13)14(10)12(15)5-9(2)3/h9-11H,4-8H2,1-3H3. The number of carbonyl (C=O) groups excluding carboxylic acids is 1. The Morgan fingerprint density at radius 3 is 2.40 bits per heavy atom. The van der Waals surface area contributed by atoms with Crippen molar-refractivity contribution in [3.63, 3.8) is 0 Å². The monoisotopic (exact) mass is 210 g/mol. The SMILES string of the molecule is CCN1CC2CC(C1)N2C(=O)CC(C)C. The van der Waals surface area contributed by atoms with Crippen molar-refractivity contribution in [2.24, 2.45) is 5.92 Å². The Bertz CT molecular complexity index is 240. The van der Waals surface area contributed by atoms with Gasteiger partial charge in [-0.3, -0.25) is 9.69 Å². The molecular weight excluding hydrogens is 188 g/mol. The average Bonchev–Trinajstić information content (AvgIpc) is 2.16. The molecule has 0 spiro atoms. The van der Waals surface area contributed by atoms with Gasteiger partial charge in [-0.05, 0) is 18.9 Å². The van der Waals surface area contributed by atoms with E-state index in [4.69, 9.17) is 0 Å². The lowest BCUT2D eigenvalue weighted by molar-refractivity contribution is -0.154. The molecule has 0 aliphatic carbocycles. The summed E-state index contributed by atoms with van der Waals surface area (Å²) >= 11 is 0. The number of hydrogen-bond donors (Lipinski definition) is 0. The molecule has 3 saturated heterocycles. The molecule has 3 fully saturated rings. The molecule has 0 N–H and O–H groups in total. The summed E-state index contributed by atoms with van der Waals surface area (Å²) in [5.74, 6) is 0.864. The van der Waals surface area contributed by atoms with E-state index in [0.717, 1.165) is 26.1 Å². The molecule has 3 aliphatic rings. The molecule has 0 aromatic heterocycles. The predicted molar refractivity (Wildman–Crippen MR) is 60.6 cm³/mol. The highest BCUT2D eigenvalue weighted by Crippen LogP contribution is 2.33. The molecule has 0 saturated carbocycles. The number of nitrogens with zero attached hydrogens (tertiary/aromatic N) is 2. The number of piperazine rings is 1. The molecular formula is C12H22N2O. The molecule has 0 radical (unpaired) electrons. The summed E-state index contributed by atoms with van der Waals surface area (Å²) in [6.07, 6.45) is 1.96. The Morgan fingerprint density at radius 1 is 1.33 bits per heavy atom. The van der Waals surface area contributed by atoms with Crippen LogP contribution in [0.5, 0.6) is 0 Å². The number of amides is 1. The van der Waals surface area contributed by atoms with E-state index in [1.165, 1.54) is 6.42 Å². The minimum Gasteiger partial charge on any atom is -0.334 e. The fraction of sp³-hybridized carbons (Fsp3) is 0.917. The number of piperidine rings is 1. The maximum Gasteiger partial charge on any atom is 0.223 e. The topological polar surface area (TPSA) is 23.6 Å². The summed E-state index contributed by atoms with van der Waals surface area (Å²) in [4.78, 5) is 16.6. The highest BCUT2D eigenvalue weighted by Gasteiger charge is 2.46. The number of carbonyl (C=O) groups is 1. The molecule has 3 nitrogen and oxygen atoms in total. The van der Waals surface area contributed by atoms with E-state index in [-0.39, 0.29) is 0 Å². The van der Waals surface area contributed by atoms with Crippen LogP contribution in [-0.2, 0) is 4.79 Å². The maximum atomic E-state index is 12.0. The Labute approximate surface area is 92.4 Å². The zero-order valence-electron chi connectivity index (χ0n) is 10.1. The zero-order chi connectivity index (χ0) is 11.0. The molecule has 2 atom stereocenters.